The van der Waals surface area contributed by atoms with Crippen LogP contribution in [0.25, 0.3) is 0 Å². The molecule has 23 heavy (non-hydrogen) atoms. The van der Waals surface area contributed by atoms with Gasteiger partial charge in [0, 0.05) is 12.1 Å². The highest BCUT2D eigenvalue weighted by molar-refractivity contribution is 6.02. The van der Waals surface area contributed by atoms with Crippen LogP contribution in [0.15, 0.2) is 54.6 Å². The van der Waals surface area contributed by atoms with E-state index in [1.54, 1.807) is 24.3 Å². The number of amides is 1. The Labute approximate surface area is 134 Å². The summed E-state index contributed by atoms with van der Waals surface area (Å²) in [6, 6.07) is 15.3. The normalized spacial score (nSPS) is 17.0. The Morgan fingerprint density at radius 3 is 2.43 bits per heavy atom. The number of anilines is 1. The SMILES string of the molecule is C[C@@H](C(=O)O)N(C(=O)C1Cc2ccccc2O1)c1ccccc1. The number of hydrogen-bond acceptors (Lipinski definition) is 3. The number of hydrogen-bond donors (Lipinski definition) is 1. The number of benzene rings is 2. The quantitative estimate of drug-likeness (QED) is 0.942. The Morgan fingerprint density at radius 2 is 1.78 bits per heavy atom. The third-order valence-electron chi connectivity index (χ3n) is 3.94. The van der Waals surface area contributed by atoms with E-state index in [2.05, 4.69) is 0 Å². The maximum absolute atomic E-state index is 12.9. The predicted molar refractivity (Wildman–Crippen MR) is 85.6 cm³/mol. The van der Waals surface area contributed by atoms with Crippen molar-refractivity contribution >= 4 is 17.6 Å². The van der Waals surface area contributed by atoms with E-state index in [-0.39, 0.29) is 5.91 Å². The molecule has 0 saturated carbocycles. The fraction of sp³-hybridized carbons (Fsp3) is 0.222. The summed E-state index contributed by atoms with van der Waals surface area (Å²) in [5.41, 5.74) is 1.51. The van der Waals surface area contributed by atoms with Crippen LogP contribution in [0, 0.1) is 0 Å². The van der Waals surface area contributed by atoms with Gasteiger partial charge in [-0.3, -0.25) is 9.69 Å². The van der Waals surface area contributed by atoms with E-state index in [9.17, 15) is 14.7 Å². The summed E-state index contributed by atoms with van der Waals surface area (Å²) < 4.78 is 5.72. The summed E-state index contributed by atoms with van der Waals surface area (Å²) >= 11 is 0. The van der Waals surface area contributed by atoms with Gasteiger partial charge in [0.25, 0.3) is 5.91 Å². The molecule has 1 heterocycles. The molecule has 0 radical (unpaired) electrons. The van der Waals surface area contributed by atoms with E-state index in [1.165, 1.54) is 11.8 Å². The van der Waals surface area contributed by atoms with Crippen molar-refractivity contribution in [2.24, 2.45) is 0 Å². The molecule has 3 rings (SSSR count). The fourth-order valence-electron chi connectivity index (χ4n) is 2.72. The number of carboxylic acid groups (broad SMARTS) is 1. The van der Waals surface area contributed by atoms with E-state index in [0.717, 1.165) is 5.56 Å². The molecule has 0 aliphatic carbocycles. The van der Waals surface area contributed by atoms with Crippen molar-refractivity contribution in [3.05, 3.63) is 60.2 Å². The lowest BCUT2D eigenvalue weighted by atomic mass is 10.1. The Balaban J connectivity index is 1.89. The average molecular weight is 311 g/mol. The number of carbonyl (C=O) groups excluding carboxylic acids is 1. The van der Waals surface area contributed by atoms with Crippen LogP contribution in [-0.2, 0) is 16.0 Å². The first kappa shape index (κ1) is 15.1. The molecule has 0 fully saturated rings. The van der Waals surface area contributed by atoms with Crippen LogP contribution in [-0.4, -0.2) is 29.1 Å². The zero-order valence-corrected chi connectivity index (χ0v) is 12.7. The van der Waals surface area contributed by atoms with Crippen molar-refractivity contribution in [2.45, 2.75) is 25.5 Å². The van der Waals surface area contributed by atoms with E-state index in [1.807, 2.05) is 30.3 Å². The van der Waals surface area contributed by atoms with Gasteiger partial charge in [-0.2, -0.15) is 0 Å². The van der Waals surface area contributed by atoms with Crippen molar-refractivity contribution in [1.29, 1.82) is 0 Å². The first-order valence-corrected chi connectivity index (χ1v) is 7.43. The van der Waals surface area contributed by atoms with Gasteiger partial charge in [0.05, 0.1) is 0 Å². The van der Waals surface area contributed by atoms with Gasteiger partial charge >= 0.3 is 5.97 Å². The number of nitrogens with zero attached hydrogens (tertiary/aromatic N) is 1. The molecule has 1 amide bonds. The summed E-state index contributed by atoms with van der Waals surface area (Å²) in [5, 5.41) is 9.34. The van der Waals surface area contributed by atoms with Crippen molar-refractivity contribution in [1.82, 2.24) is 0 Å². The van der Waals surface area contributed by atoms with Crippen LogP contribution in [0.1, 0.15) is 12.5 Å². The van der Waals surface area contributed by atoms with Gasteiger partial charge in [-0.05, 0) is 30.7 Å². The topological polar surface area (TPSA) is 66.8 Å². The van der Waals surface area contributed by atoms with E-state index in [4.69, 9.17) is 4.74 Å². The standard InChI is InChI=1S/C18H17NO4/c1-12(18(21)22)19(14-8-3-2-4-9-14)17(20)16-11-13-7-5-6-10-15(13)23-16/h2-10,12,16H,11H2,1H3,(H,21,22)/t12-,16?/m0/s1. The lowest BCUT2D eigenvalue weighted by molar-refractivity contribution is -0.140. The van der Waals surface area contributed by atoms with Gasteiger partial charge < -0.3 is 9.84 Å². The van der Waals surface area contributed by atoms with Gasteiger partial charge in [-0.25, -0.2) is 4.79 Å². The number of rotatable bonds is 4. The Morgan fingerprint density at radius 1 is 1.13 bits per heavy atom. The minimum Gasteiger partial charge on any atom is -0.480 e. The molecular weight excluding hydrogens is 294 g/mol. The molecule has 0 bridgehead atoms. The van der Waals surface area contributed by atoms with Crippen LogP contribution < -0.4 is 9.64 Å². The Bertz CT molecular complexity index is 704. The number of carboxylic acids is 1. The summed E-state index contributed by atoms with van der Waals surface area (Å²) in [4.78, 5) is 25.6. The second-order valence-electron chi connectivity index (χ2n) is 5.48. The minimum absolute atomic E-state index is 0.345. The molecule has 118 valence electrons. The van der Waals surface area contributed by atoms with Crippen molar-refractivity contribution < 1.29 is 19.4 Å². The zero-order valence-electron chi connectivity index (χ0n) is 12.7. The Kier molecular flexibility index (Phi) is 4.02. The van der Waals surface area contributed by atoms with E-state index < -0.39 is 18.1 Å². The van der Waals surface area contributed by atoms with E-state index >= 15 is 0 Å². The second-order valence-corrected chi connectivity index (χ2v) is 5.48. The van der Waals surface area contributed by atoms with Gasteiger partial charge in [-0.15, -0.1) is 0 Å². The van der Waals surface area contributed by atoms with Gasteiger partial charge in [0.15, 0.2) is 6.10 Å². The number of fused-ring (bicyclic) bond motifs is 1. The highest BCUT2D eigenvalue weighted by atomic mass is 16.5. The van der Waals surface area contributed by atoms with Crippen molar-refractivity contribution in [3.8, 4) is 5.75 Å². The van der Waals surface area contributed by atoms with Crippen LogP contribution in [0.2, 0.25) is 0 Å². The number of para-hydroxylation sites is 2. The second kappa shape index (κ2) is 6.12. The summed E-state index contributed by atoms with van der Waals surface area (Å²) in [6.45, 7) is 1.50. The molecule has 5 nitrogen and oxygen atoms in total. The molecule has 2 aromatic carbocycles. The third kappa shape index (κ3) is 2.90. The first-order chi connectivity index (χ1) is 11.1. The van der Waals surface area contributed by atoms with E-state index in [0.29, 0.717) is 17.9 Å². The van der Waals surface area contributed by atoms with Gasteiger partial charge in [0.1, 0.15) is 11.8 Å². The average Bonchev–Trinajstić information content (AvgIpc) is 3.00. The smallest absolute Gasteiger partial charge is 0.326 e. The summed E-state index contributed by atoms with van der Waals surface area (Å²) in [5.74, 6) is -0.721. The molecule has 2 aromatic rings. The molecule has 1 aliphatic heterocycles. The maximum atomic E-state index is 12.9. The van der Waals surface area contributed by atoms with Crippen molar-refractivity contribution in [2.75, 3.05) is 4.90 Å². The molecule has 0 saturated heterocycles. The largest absolute Gasteiger partial charge is 0.480 e. The molecule has 5 heteroatoms. The third-order valence-corrected chi connectivity index (χ3v) is 3.94. The van der Waals surface area contributed by atoms with Crippen LogP contribution >= 0.6 is 0 Å². The lowest BCUT2D eigenvalue weighted by Crippen LogP contribution is -2.49. The molecule has 1 aliphatic rings. The highest BCUT2D eigenvalue weighted by Crippen LogP contribution is 2.30. The predicted octanol–water partition coefficient (Wildman–Crippen LogP) is 2.50. The number of ether oxygens (including phenoxy) is 1. The summed E-state index contributed by atoms with van der Waals surface area (Å²) in [7, 11) is 0. The molecular formula is C18H17NO4. The van der Waals surface area contributed by atoms with Crippen LogP contribution in [0.4, 0.5) is 5.69 Å². The van der Waals surface area contributed by atoms with Crippen LogP contribution in [0.5, 0.6) is 5.75 Å². The monoisotopic (exact) mass is 311 g/mol. The Hall–Kier alpha value is -2.82. The number of aliphatic carboxylic acids is 1. The zero-order chi connectivity index (χ0) is 16.4. The molecule has 0 aromatic heterocycles. The lowest BCUT2D eigenvalue weighted by Gasteiger charge is -2.28. The molecule has 1 N–H and O–H groups in total. The van der Waals surface area contributed by atoms with Gasteiger partial charge in [-0.1, -0.05) is 36.4 Å². The number of carbonyl (C=O) groups is 2. The molecule has 0 spiro atoms. The highest BCUT2D eigenvalue weighted by Gasteiger charge is 2.36. The molecule has 1 unspecified atom stereocenters. The van der Waals surface area contributed by atoms with Crippen LogP contribution in [0.3, 0.4) is 0 Å². The van der Waals surface area contributed by atoms with Crippen molar-refractivity contribution in [3.63, 3.8) is 0 Å². The fourth-order valence-corrected chi connectivity index (χ4v) is 2.72. The van der Waals surface area contributed by atoms with Gasteiger partial charge in [0.2, 0.25) is 0 Å². The summed E-state index contributed by atoms with van der Waals surface area (Å²) in [6.07, 6.45) is -0.251. The maximum Gasteiger partial charge on any atom is 0.326 e. The minimum atomic E-state index is -1.06. The first-order valence-electron chi connectivity index (χ1n) is 7.43. The molecule has 2 atom stereocenters.